The molecule has 0 radical (unpaired) electrons. The third-order valence-corrected chi connectivity index (χ3v) is 14.2. The van der Waals surface area contributed by atoms with Crippen molar-refractivity contribution in [3.8, 4) is 39.9 Å². The molecular weight excluding hydrogens is 841 g/mol. The number of nitrogens with zero attached hydrogens (tertiary/aromatic N) is 4. The fourth-order valence-corrected chi connectivity index (χ4v) is 9.63. The maximum atomic E-state index is 6.84. The van der Waals surface area contributed by atoms with Gasteiger partial charge in [-0.2, -0.15) is 0 Å². The first-order valence-corrected chi connectivity index (χ1v) is 24.2. The van der Waals surface area contributed by atoms with Gasteiger partial charge in [-0.1, -0.05) is 178 Å². The molecule has 0 saturated heterocycles. The van der Waals surface area contributed by atoms with Crippen LogP contribution in [0.15, 0.2) is 194 Å². The van der Waals surface area contributed by atoms with E-state index in [0.717, 1.165) is 56.4 Å². The van der Waals surface area contributed by atoms with Crippen molar-refractivity contribution in [1.29, 1.82) is 0 Å². The van der Waals surface area contributed by atoms with E-state index in [1.54, 1.807) is 0 Å². The lowest BCUT2D eigenvalue weighted by Gasteiger charge is -2.30. The van der Waals surface area contributed by atoms with Crippen LogP contribution in [-0.4, -0.2) is 14.1 Å². The molecule has 5 nitrogen and oxygen atoms in total. The molecule has 0 aliphatic rings. The Kier molecular flexibility index (Phi) is 11.3. The Hall–Kier alpha value is -7.50. The Bertz CT molecular complexity index is 3470. The SMILES string of the molecule is CC(C)(C)c1cc(-[n+]2[c-]n(-c3cccc(Oc4ccc5c6cc(C(C)(C)c7ccccc7)ccc6n(-c6cc(C(C)(C)C)ccn6)c5c4)c3)cc2-c2ccccc2)cc(C(C)(C)c2ccccc2)c1. The van der Waals surface area contributed by atoms with Crippen LogP contribution >= 0.6 is 0 Å². The monoisotopic (exact) mass is 902 g/mol. The number of hydrogen-bond acceptors (Lipinski definition) is 2. The summed E-state index contributed by atoms with van der Waals surface area (Å²) in [4.78, 5) is 4.99. The van der Waals surface area contributed by atoms with E-state index in [2.05, 4.69) is 271 Å². The fourth-order valence-electron chi connectivity index (χ4n) is 9.63. The number of rotatable bonds is 10. The highest BCUT2D eigenvalue weighted by Crippen LogP contribution is 2.41. The summed E-state index contributed by atoms with van der Waals surface area (Å²) in [6, 6.07) is 65.2. The van der Waals surface area contributed by atoms with Crippen molar-refractivity contribution in [2.75, 3.05) is 0 Å². The van der Waals surface area contributed by atoms with Crippen LogP contribution < -0.4 is 9.30 Å². The van der Waals surface area contributed by atoms with Crippen molar-refractivity contribution in [1.82, 2.24) is 14.1 Å². The molecule has 0 unspecified atom stereocenters. The molecule has 3 heterocycles. The van der Waals surface area contributed by atoms with E-state index < -0.39 is 0 Å². The Balaban J connectivity index is 1.07. The van der Waals surface area contributed by atoms with Crippen molar-refractivity contribution < 1.29 is 9.30 Å². The lowest BCUT2D eigenvalue weighted by Crippen LogP contribution is -2.33. The summed E-state index contributed by atoms with van der Waals surface area (Å²) >= 11 is 0. The second-order valence-electron chi connectivity index (χ2n) is 21.7. The molecule has 10 rings (SSSR count). The maximum absolute atomic E-state index is 6.84. The lowest BCUT2D eigenvalue weighted by molar-refractivity contribution is -0.588. The van der Waals surface area contributed by atoms with Crippen LogP contribution in [0, 0.1) is 6.33 Å². The molecule has 10 aromatic rings. The molecule has 0 spiro atoms. The van der Waals surface area contributed by atoms with E-state index in [4.69, 9.17) is 9.72 Å². The number of benzene rings is 7. The second-order valence-corrected chi connectivity index (χ2v) is 21.7. The van der Waals surface area contributed by atoms with Crippen LogP contribution in [0.4, 0.5) is 0 Å². The summed E-state index contributed by atoms with van der Waals surface area (Å²) in [5.41, 5.74) is 13.3. The molecule has 0 N–H and O–H groups in total. The molecule has 5 heteroatoms. The average Bonchev–Trinajstić information content (AvgIpc) is 3.94. The molecule has 344 valence electrons. The first-order valence-electron chi connectivity index (χ1n) is 24.2. The minimum Gasteiger partial charge on any atom is -0.458 e. The predicted molar refractivity (Wildman–Crippen MR) is 285 cm³/mol. The van der Waals surface area contributed by atoms with Gasteiger partial charge in [0.15, 0.2) is 0 Å². The predicted octanol–water partition coefficient (Wildman–Crippen LogP) is 15.8. The van der Waals surface area contributed by atoms with E-state index >= 15 is 0 Å². The molecule has 3 aromatic heterocycles. The molecule has 69 heavy (non-hydrogen) atoms. The second kappa shape index (κ2) is 17.2. The van der Waals surface area contributed by atoms with Gasteiger partial charge in [0, 0.05) is 40.1 Å². The number of aromatic nitrogens is 4. The van der Waals surface area contributed by atoms with Crippen LogP contribution in [0.1, 0.15) is 103 Å². The summed E-state index contributed by atoms with van der Waals surface area (Å²) in [7, 11) is 0. The van der Waals surface area contributed by atoms with Crippen LogP contribution in [0.5, 0.6) is 11.5 Å². The first kappa shape index (κ1) is 45.3. The zero-order valence-electron chi connectivity index (χ0n) is 41.7. The Morgan fingerprint density at radius 3 is 1.75 bits per heavy atom. The number of imidazole rings is 1. The third-order valence-electron chi connectivity index (χ3n) is 14.2. The van der Waals surface area contributed by atoms with Crippen molar-refractivity contribution in [3.05, 3.63) is 234 Å². The Morgan fingerprint density at radius 1 is 0.464 bits per heavy atom. The minimum absolute atomic E-state index is 0.0421. The first-order chi connectivity index (χ1) is 32.9. The molecule has 7 aromatic carbocycles. The number of pyridine rings is 1. The van der Waals surface area contributed by atoms with Crippen molar-refractivity contribution in [2.45, 2.75) is 90.9 Å². The standard InChI is InChI=1S/C64H62N4O/c1-61(2,3)47-33-34-65-60(39-47)68-57-32-29-48(63(7,8)45-23-16-12-17-24-45)38-56(57)55-31-30-54(41-58(55)68)69-53-28-20-27-51(40-53)66-42-59(44-21-14-11-15-22-44)67(43-66)52-36-49(62(4,5)6)35-50(37-52)64(9,10)46-25-18-13-19-26-46/h11-42H,1-10H3. The summed E-state index contributed by atoms with van der Waals surface area (Å²) in [6.45, 7) is 22.9. The van der Waals surface area contributed by atoms with Crippen LogP contribution in [0.3, 0.4) is 0 Å². The van der Waals surface area contributed by atoms with Crippen LogP contribution in [0.2, 0.25) is 0 Å². The maximum Gasteiger partial charge on any atom is 0.269 e. The molecular formula is C64H62N4O. The quantitative estimate of drug-likeness (QED) is 0.101. The van der Waals surface area contributed by atoms with Crippen LogP contribution in [-0.2, 0) is 21.7 Å². The highest BCUT2D eigenvalue weighted by molar-refractivity contribution is 6.10. The molecule has 0 aliphatic heterocycles. The Labute approximate surface area is 408 Å². The van der Waals surface area contributed by atoms with Crippen molar-refractivity contribution >= 4 is 21.8 Å². The summed E-state index contributed by atoms with van der Waals surface area (Å²) < 4.78 is 13.4. The molecule has 0 amide bonds. The van der Waals surface area contributed by atoms with E-state index in [-0.39, 0.29) is 21.7 Å². The van der Waals surface area contributed by atoms with E-state index in [1.165, 1.54) is 38.8 Å². The third kappa shape index (κ3) is 8.67. The average molecular weight is 903 g/mol. The van der Waals surface area contributed by atoms with Gasteiger partial charge in [-0.25, -0.2) is 4.98 Å². The largest absolute Gasteiger partial charge is 0.458 e. The number of hydrogen-bond donors (Lipinski definition) is 0. The molecule has 0 bridgehead atoms. The van der Waals surface area contributed by atoms with Gasteiger partial charge in [-0.05, 0) is 117 Å². The minimum atomic E-state index is -0.231. The zero-order chi connectivity index (χ0) is 48.3. The van der Waals surface area contributed by atoms with Crippen molar-refractivity contribution in [2.24, 2.45) is 0 Å². The fraction of sp³-hybridized carbons (Fsp3) is 0.219. The highest BCUT2D eigenvalue weighted by Gasteiger charge is 2.28. The number of fused-ring (bicyclic) bond motifs is 3. The van der Waals surface area contributed by atoms with Gasteiger partial charge < -0.3 is 4.74 Å². The number of ether oxygens (including phenoxy) is 1. The van der Waals surface area contributed by atoms with E-state index in [1.807, 2.05) is 12.3 Å². The molecule has 0 saturated carbocycles. The summed E-state index contributed by atoms with van der Waals surface area (Å²) in [6.07, 6.45) is 7.88. The van der Waals surface area contributed by atoms with Gasteiger partial charge >= 0.3 is 0 Å². The van der Waals surface area contributed by atoms with Gasteiger partial charge in [-0.3, -0.25) is 13.7 Å². The van der Waals surface area contributed by atoms with E-state index in [0.29, 0.717) is 0 Å². The molecule has 0 atom stereocenters. The Morgan fingerprint density at radius 2 is 1.09 bits per heavy atom. The van der Waals surface area contributed by atoms with Gasteiger partial charge in [0.1, 0.15) is 17.3 Å². The molecule has 0 aliphatic carbocycles. The smallest absolute Gasteiger partial charge is 0.269 e. The van der Waals surface area contributed by atoms with E-state index in [9.17, 15) is 0 Å². The van der Waals surface area contributed by atoms with Gasteiger partial charge in [0.25, 0.3) is 6.33 Å². The van der Waals surface area contributed by atoms with Gasteiger partial charge in [0.2, 0.25) is 0 Å². The molecule has 0 fully saturated rings. The van der Waals surface area contributed by atoms with Gasteiger partial charge in [0.05, 0.1) is 28.1 Å². The van der Waals surface area contributed by atoms with Crippen molar-refractivity contribution in [3.63, 3.8) is 0 Å². The summed E-state index contributed by atoms with van der Waals surface area (Å²) in [5, 5.41) is 2.32. The zero-order valence-corrected chi connectivity index (χ0v) is 41.7. The highest BCUT2D eigenvalue weighted by atomic mass is 16.5. The lowest BCUT2D eigenvalue weighted by atomic mass is 9.75. The topological polar surface area (TPSA) is 35.9 Å². The van der Waals surface area contributed by atoms with Crippen LogP contribution in [0.25, 0.3) is 50.3 Å². The normalized spacial score (nSPS) is 12.5. The summed E-state index contributed by atoms with van der Waals surface area (Å²) in [5.74, 6) is 2.35. The van der Waals surface area contributed by atoms with Gasteiger partial charge in [-0.15, -0.1) is 0 Å².